The maximum absolute atomic E-state index is 7.13. The number of thiocarbonyl (C=S) groups is 1. The molecule has 0 radical (unpaired) electrons. The molecule has 0 aliphatic heterocycles. The maximum atomic E-state index is 7.13. The lowest BCUT2D eigenvalue weighted by Gasteiger charge is -2.01. The van der Waals surface area contributed by atoms with E-state index in [4.69, 9.17) is 10.1 Å². The summed E-state index contributed by atoms with van der Waals surface area (Å²) in [6, 6.07) is 5.95. The molecule has 0 spiro atoms. The summed E-state index contributed by atoms with van der Waals surface area (Å²) in [6.45, 7) is 2.00. The van der Waals surface area contributed by atoms with E-state index >= 15 is 0 Å². The van der Waals surface area contributed by atoms with Gasteiger partial charge in [-0.05, 0) is 0 Å². The van der Waals surface area contributed by atoms with Crippen molar-refractivity contribution in [2.45, 2.75) is 13.2 Å². The van der Waals surface area contributed by atoms with Gasteiger partial charge in [-0.25, -0.2) is 0 Å². The standard InChI is InChI=1S/C8H12NO.CNS/c1-8(10-2)9-6-4-3-5-7-9;2-1-3/h3-8H,1-2H3;/q+1;-1. The number of hydrogen-bond donors (Lipinski definition) is 0. The first-order valence-electron chi connectivity index (χ1n) is 3.76. The van der Waals surface area contributed by atoms with E-state index < -0.39 is 0 Å². The first kappa shape index (κ1) is 11.9. The number of ether oxygens (including phenoxy) is 1. The number of nitrogens with zero attached hydrogens (tertiary/aromatic N) is 2. The molecule has 0 saturated carbocycles. The van der Waals surface area contributed by atoms with Crippen LogP contribution in [0.4, 0.5) is 0 Å². The van der Waals surface area contributed by atoms with Gasteiger partial charge in [0, 0.05) is 26.2 Å². The second kappa shape index (κ2) is 7.55. The Hall–Kier alpha value is -1.09. The van der Waals surface area contributed by atoms with Gasteiger partial charge in [0.1, 0.15) is 0 Å². The van der Waals surface area contributed by atoms with Gasteiger partial charge < -0.3 is 10.1 Å². The van der Waals surface area contributed by atoms with E-state index in [-0.39, 0.29) is 6.23 Å². The Kier molecular flexibility index (Phi) is 6.92. The van der Waals surface area contributed by atoms with Gasteiger partial charge in [-0.2, -0.15) is 9.73 Å². The third-order valence-electron chi connectivity index (χ3n) is 1.50. The Balaban J connectivity index is 0.000000424. The van der Waals surface area contributed by atoms with E-state index in [0.29, 0.717) is 0 Å². The molecule has 3 nitrogen and oxygen atoms in total. The molecule has 0 aliphatic rings. The lowest BCUT2D eigenvalue weighted by molar-refractivity contribution is -0.757. The zero-order chi connectivity index (χ0) is 10.1. The van der Waals surface area contributed by atoms with Crippen LogP contribution >= 0.6 is 12.2 Å². The lowest BCUT2D eigenvalue weighted by atomic mass is 10.5. The molecular weight excluding hydrogens is 184 g/mol. The minimum Gasteiger partial charge on any atom is -0.753 e. The van der Waals surface area contributed by atoms with Crippen LogP contribution in [-0.2, 0) is 4.74 Å². The summed E-state index contributed by atoms with van der Waals surface area (Å²) in [5.74, 6) is 0. The number of pyridine rings is 1. The largest absolute Gasteiger partial charge is 0.753 e. The van der Waals surface area contributed by atoms with Gasteiger partial charge in [0.2, 0.25) is 0 Å². The van der Waals surface area contributed by atoms with Crippen molar-refractivity contribution >= 4 is 17.4 Å². The molecule has 0 bridgehead atoms. The third-order valence-corrected chi connectivity index (χ3v) is 1.50. The quantitative estimate of drug-likeness (QED) is 0.411. The highest BCUT2D eigenvalue weighted by Gasteiger charge is 2.06. The van der Waals surface area contributed by atoms with Gasteiger partial charge in [-0.15, -0.1) is 0 Å². The average Bonchev–Trinajstić information content (AvgIpc) is 2.19. The van der Waals surface area contributed by atoms with E-state index in [2.05, 4.69) is 12.2 Å². The molecule has 1 heterocycles. The number of rotatable bonds is 2. The molecular formula is C9H12N2OS. The zero-order valence-electron chi connectivity index (χ0n) is 7.68. The van der Waals surface area contributed by atoms with E-state index in [1.807, 2.05) is 42.1 Å². The van der Waals surface area contributed by atoms with Crippen molar-refractivity contribution in [1.82, 2.24) is 0 Å². The van der Waals surface area contributed by atoms with E-state index in [1.54, 1.807) is 7.11 Å². The molecule has 70 valence electrons. The van der Waals surface area contributed by atoms with Crippen molar-refractivity contribution in [1.29, 1.82) is 0 Å². The third kappa shape index (κ3) is 5.20. The Morgan fingerprint density at radius 2 is 1.85 bits per heavy atom. The van der Waals surface area contributed by atoms with Crippen molar-refractivity contribution in [3.8, 4) is 0 Å². The van der Waals surface area contributed by atoms with Gasteiger partial charge in [0.05, 0.1) is 0 Å². The monoisotopic (exact) mass is 196 g/mol. The molecule has 0 aliphatic carbocycles. The van der Waals surface area contributed by atoms with Gasteiger partial charge >= 0.3 is 0 Å². The van der Waals surface area contributed by atoms with Crippen LogP contribution in [0.15, 0.2) is 30.6 Å². The Labute approximate surface area is 83.5 Å². The minimum absolute atomic E-state index is 0.126. The first-order valence-corrected chi connectivity index (χ1v) is 4.17. The molecule has 0 N–H and O–H groups in total. The van der Waals surface area contributed by atoms with Crippen LogP contribution in [0.1, 0.15) is 13.2 Å². The molecule has 13 heavy (non-hydrogen) atoms. The van der Waals surface area contributed by atoms with Crippen molar-refractivity contribution in [3.05, 3.63) is 36.0 Å². The highest BCUT2D eigenvalue weighted by atomic mass is 32.1. The van der Waals surface area contributed by atoms with Gasteiger partial charge in [0.25, 0.3) is 6.23 Å². The van der Waals surface area contributed by atoms with Crippen LogP contribution in [0.2, 0.25) is 0 Å². The zero-order valence-corrected chi connectivity index (χ0v) is 8.49. The van der Waals surface area contributed by atoms with Gasteiger partial charge in [0.15, 0.2) is 12.4 Å². The summed E-state index contributed by atoms with van der Waals surface area (Å²) in [6.07, 6.45) is 4.09. The Morgan fingerprint density at radius 3 is 2.23 bits per heavy atom. The molecule has 1 aromatic rings. The topological polar surface area (TPSA) is 35.4 Å². The average molecular weight is 196 g/mol. The van der Waals surface area contributed by atoms with Crippen molar-refractivity contribution in [3.63, 3.8) is 0 Å². The van der Waals surface area contributed by atoms with Crippen LogP contribution in [0.5, 0.6) is 0 Å². The smallest absolute Gasteiger partial charge is 0.259 e. The number of methoxy groups -OCH3 is 1. The lowest BCUT2D eigenvalue weighted by Crippen LogP contribution is -2.37. The van der Waals surface area contributed by atoms with Crippen molar-refractivity contribution < 1.29 is 9.30 Å². The molecule has 0 amide bonds. The van der Waals surface area contributed by atoms with Crippen LogP contribution in [0.3, 0.4) is 0 Å². The van der Waals surface area contributed by atoms with E-state index in [1.165, 1.54) is 5.16 Å². The second-order valence-electron chi connectivity index (χ2n) is 2.25. The molecule has 4 heteroatoms. The number of isothiocyanates is 1. The predicted molar refractivity (Wildman–Crippen MR) is 54.3 cm³/mol. The highest BCUT2D eigenvalue weighted by molar-refractivity contribution is 7.78. The fourth-order valence-corrected chi connectivity index (χ4v) is 0.776. The fourth-order valence-electron chi connectivity index (χ4n) is 0.776. The molecule has 1 unspecified atom stereocenters. The molecule has 1 rings (SSSR count). The molecule has 0 saturated heterocycles. The van der Waals surface area contributed by atoms with Crippen LogP contribution in [-0.4, -0.2) is 12.3 Å². The first-order chi connectivity index (χ1) is 6.26. The normalized spacial score (nSPS) is 10.6. The summed E-state index contributed by atoms with van der Waals surface area (Å²) in [4.78, 5) is 0. The summed E-state index contributed by atoms with van der Waals surface area (Å²) in [7, 11) is 1.70. The summed E-state index contributed by atoms with van der Waals surface area (Å²) in [5.41, 5.74) is 0. The molecule has 0 aromatic carbocycles. The van der Waals surface area contributed by atoms with Gasteiger partial charge in [-0.3, -0.25) is 0 Å². The fraction of sp³-hybridized carbons (Fsp3) is 0.333. The summed E-state index contributed by atoms with van der Waals surface area (Å²) in [5, 5.41) is 8.47. The molecule has 1 atom stereocenters. The second-order valence-corrected chi connectivity index (χ2v) is 2.43. The van der Waals surface area contributed by atoms with Crippen LogP contribution in [0, 0.1) is 0 Å². The van der Waals surface area contributed by atoms with E-state index in [0.717, 1.165) is 0 Å². The number of aromatic nitrogens is 1. The summed E-state index contributed by atoms with van der Waals surface area (Å²) < 4.78 is 7.10. The van der Waals surface area contributed by atoms with Crippen LogP contribution < -0.4 is 4.57 Å². The highest BCUT2D eigenvalue weighted by Crippen LogP contribution is 1.91. The predicted octanol–water partition coefficient (Wildman–Crippen LogP) is 1.80. The Morgan fingerprint density at radius 1 is 1.38 bits per heavy atom. The Bertz CT molecular complexity index is 258. The number of hydrogen-bond acceptors (Lipinski definition) is 2. The van der Waals surface area contributed by atoms with Crippen LogP contribution in [0.25, 0.3) is 5.41 Å². The molecule has 0 fully saturated rings. The SMILES string of the molecule is COC(C)[n+]1ccccc1.[N-]=C=S. The van der Waals surface area contributed by atoms with Crippen molar-refractivity contribution in [2.75, 3.05) is 7.11 Å². The van der Waals surface area contributed by atoms with Crippen molar-refractivity contribution in [2.24, 2.45) is 0 Å². The molecule has 1 aromatic heterocycles. The van der Waals surface area contributed by atoms with E-state index in [9.17, 15) is 0 Å². The minimum atomic E-state index is 0.126. The van der Waals surface area contributed by atoms with Gasteiger partial charge in [-0.1, -0.05) is 18.3 Å². The summed E-state index contributed by atoms with van der Waals surface area (Å²) >= 11 is 3.70. The maximum Gasteiger partial charge on any atom is 0.259 e.